The van der Waals surface area contributed by atoms with Gasteiger partial charge in [-0.1, -0.05) is 19.4 Å². The largest absolute Gasteiger partial charge is 0.313 e. The number of hydrogen-bond donors (Lipinski definition) is 2. The fourth-order valence-electron chi connectivity index (χ4n) is 2.14. The SMILES string of the molecule is CCCCN[C@H](C)CNS(=O)(=O)c1ccc2cnccc2c1. The van der Waals surface area contributed by atoms with Crippen molar-refractivity contribution in [3.63, 3.8) is 0 Å². The quantitative estimate of drug-likeness (QED) is 0.732. The first-order valence-corrected chi connectivity index (χ1v) is 9.08. The number of hydrogen-bond acceptors (Lipinski definition) is 4. The van der Waals surface area contributed by atoms with Gasteiger partial charge in [0.2, 0.25) is 10.0 Å². The molecule has 2 N–H and O–H groups in total. The van der Waals surface area contributed by atoms with E-state index < -0.39 is 10.0 Å². The number of aromatic nitrogens is 1. The lowest BCUT2D eigenvalue weighted by Gasteiger charge is -2.15. The Morgan fingerprint density at radius 3 is 2.82 bits per heavy atom. The van der Waals surface area contributed by atoms with Crippen LogP contribution in [0.2, 0.25) is 0 Å². The van der Waals surface area contributed by atoms with E-state index in [-0.39, 0.29) is 10.9 Å². The number of sulfonamides is 1. The molecular formula is C16H23N3O2S. The maximum absolute atomic E-state index is 12.4. The maximum Gasteiger partial charge on any atom is 0.240 e. The Morgan fingerprint density at radius 2 is 2.05 bits per heavy atom. The lowest BCUT2D eigenvalue weighted by molar-refractivity contribution is 0.515. The predicted molar refractivity (Wildman–Crippen MR) is 89.3 cm³/mol. The molecule has 1 heterocycles. The highest BCUT2D eigenvalue weighted by molar-refractivity contribution is 7.89. The number of fused-ring (bicyclic) bond motifs is 1. The Labute approximate surface area is 132 Å². The van der Waals surface area contributed by atoms with Crippen LogP contribution in [0, 0.1) is 0 Å². The molecule has 0 bridgehead atoms. The highest BCUT2D eigenvalue weighted by Gasteiger charge is 2.15. The first-order valence-electron chi connectivity index (χ1n) is 7.60. The molecule has 0 aliphatic carbocycles. The summed E-state index contributed by atoms with van der Waals surface area (Å²) in [6.07, 6.45) is 5.60. The van der Waals surface area contributed by atoms with E-state index in [1.54, 1.807) is 30.6 Å². The highest BCUT2D eigenvalue weighted by Crippen LogP contribution is 2.17. The molecule has 0 aliphatic heterocycles. The van der Waals surface area contributed by atoms with Crippen LogP contribution in [0.5, 0.6) is 0 Å². The molecule has 0 unspecified atom stereocenters. The van der Waals surface area contributed by atoms with Gasteiger partial charge in [0, 0.05) is 30.4 Å². The van der Waals surface area contributed by atoms with Gasteiger partial charge in [-0.05, 0) is 43.5 Å². The number of benzene rings is 1. The van der Waals surface area contributed by atoms with Crippen LogP contribution in [0.1, 0.15) is 26.7 Å². The Morgan fingerprint density at radius 1 is 1.23 bits per heavy atom. The summed E-state index contributed by atoms with van der Waals surface area (Å²) in [6, 6.07) is 6.98. The fraction of sp³-hybridized carbons (Fsp3) is 0.438. The second-order valence-corrected chi connectivity index (χ2v) is 7.21. The molecule has 0 saturated heterocycles. The zero-order valence-corrected chi connectivity index (χ0v) is 13.9. The minimum atomic E-state index is -3.49. The number of rotatable bonds is 8. The maximum atomic E-state index is 12.4. The summed E-state index contributed by atoms with van der Waals surface area (Å²) in [7, 11) is -3.49. The molecule has 0 spiro atoms. The average Bonchev–Trinajstić information content (AvgIpc) is 2.53. The first kappa shape index (κ1) is 16.9. The molecule has 0 saturated carbocycles. The molecule has 0 fully saturated rings. The summed E-state index contributed by atoms with van der Waals surface area (Å²) in [5.74, 6) is 0. The number of nitrogens with one attached hydrogen (secondary N) is 2. The van der Waals surface area contributed by atoms with E-state index in [0.717, 1.165) is 30.2 Å². The Bertz CT molecular complexity index is 716. The van der Waals surface area contributed by atoms with Crippen LogP contribution in [0.25, 0.3) is 10.8 Å². The summed E-state index contributed by atoms with van der Waals surface area (Å²) in [5, 5.41) is 5.10. The molecule has 0 radical (unpaired) electrons. The summed E-state index contributed by atoms with van der Waals surface area (Å²) in [5.41, 5.74) is 0. The molecule has 120 valence electrons. The van der Waals surface area contributed by atoms with Crippen LogP contribution in [-0.2, 0) is 10.0 Å². The van der Waals surface area contributed by atoms with Crippen molar-refractivity contribution in [2.24, 2.45) is 0 Å². The monoisotopic (exact) mass is 321 g/mol. The fourth-order valence-corrected chi connectivity index (χ4v) is 3.31. The third-order valence-corrected chi connectivity index (χ3v) is 4.95. The lowest BCUT2D eigenvalue weighted by atomic mass is 10.2. The third-order valence-electron chi connectivity index (χ3n) is 3.53. The Kier molecular flexibility index (Phi) is 5.88. The van der Waals surface area contributed by atoms with Crippen molar-refractivity contribution in [3.05, 3.63) is 36.7 Å². The van der Waals surface area contributed by atoms with Gasteiger partial charge in [-0.3, -0.25) is 4.98 Å². The van der Waals surface area contributed by atoms with Crippen LogP contribution in [0.15, 0.2) is 41.6 Å². The van der Waals surface area contributed by atoms with Gasteiger partial charge < -0.3 is 5.32 Å². The van der Waals surface area contributed by atoms with Crippen molar-refractivity contribution >= 4 is 20.8 Å². The standard InChI is InChI=1S/C16H23N3O2S/c1-3-4-8-18-13(2)11-19-22(20,21)16-6-5-15-12-17-9-7-14(15)10-16/h5-7,9-10,12-13,18-19H,3-4,8,11H2,1-2H3/t13-/m1/s1. The van der Waals surface area contributed by atoms with Gasteiger partial charge >= 0.3 is 0 Å². The van der Waals surface area contributed by atoms with Crippen molar-refractivity contribution in [1.29, 1.82) is 0 Å². The van der Waals surface area contributed by atoms with Crippen molar-refractivity contribution in [1.82, 2.24) is 15.0 Å². The van der Waals surface area contributed by atoms with Gasteiger partial charge in [-0.15, -0.1) is 0 Å². The predicted octanol–water partition coefficient (Wildman–Crippen LogP) is 2.29. The minimum Gasteiger partial charge on any atom is -0.313 e. The van der Waals surface area contributed by atoms with Crippen LogP contribution in [0.4, 0.5) is 0 Å². The van der Waals surface area contributed by atoms with E-state index in [9.17, 15) is 8.42 Å². The highest BCUT2D eigenvalue weighted by atomic mass is 32.2. The summed E-state index contributed by atoms with van der Waals surface area (Å²) < 4.78 is 27.4. The molecule has 0 amide bonds. The number of pyridine rings is 1. The van der Waals surface area contributed by atoms with E-state index in [1.807, 2.05) is 13.0 Å². The van der Waals surface area contributed by atoms with Crippen LogP contribution >= 0.6 is 0 Å². The van der Waals surface area contributed by atoms with Gasteiger partial charge in [0.25, 0.3) is 0 Å². The molecule has 2 aromatic rings. The molecule has 22 heavy (non-hydrogen) atoms. The lowest BCUT2D eigenvalue weighted by Crippen LogP contribution is -2.39. The van der Waals surface area contributed by atoms with Crippen molar-refractivity contribution in [3.8, 4) is 0 Å². The Balaban J connectivity index is 2.02. The average molecular weight is 321 g/mol. The molecule has 1 atom stereocenters. The van der Waals surface area contributed by atoms with Crippen LogP contribution < -0.4 is 10.0 Å². The Hall–Kier alpha value is -1.50. The third kappa shape index (κ3) is 4.50. The molecule has 0 aliphatic rings. The van der Waals surface area contributed by atoms with E-state index in [2.05, 4.69) is 21.9 Å². The van der Waals surface area contributed by atoms with Crippen molar-refractivity contribution < 1.29 is 8.42 Å². The second-order valence-electron chi connectivity index (χ2n) is 5.45. The van der Waals surface area contributed by atoms with E-state index in [0.29, 0.717) is 6.54 Å². The summed E-state index contributed by atoms with van der Waals surface area (Å²) in [6.45, 7) is 5.39. The molecule has 2 rings (SSSR count). The van der Waals surface area contributed by atoms with Crippen molar-refractivity contribution in [2.75, 3.05) is 13.1 Å². The normalized spacial score (nSPS) is 13.4. The van der Waals surface area contributed by atoms with Gasteiger partial charge in [-0.25, -0.2) is 13.1 Å². The molecule has 5 nitrogen and oxygen atoms in total. The number of unbranched alkanes of at least 4 members (excludes halogenated alkanes) is 1. The van der Waals surface area contributed by atoms with Gasteiger partial charge in [0.1, 0.15) is 0 Å². The van der Waals surface area contributed by atoms with E-state index in [4.69, 9.17) is 0 Å². The van der Waals surface area contributed by atoms with Gasteiger partial charge in [-0.2, -0.15) is 0 Å². The first-order chi connectivity index (χ1) is 10.5. The van der Waals surface area contributed by atoms with Gasteiger partial charge in [0.15, 0.2) is 0 Å². The van der Waals surface area contributed by atoms with Crippen molar-refractivity contribution in [2.45, 2.75) is 37.6 Å². The molecular weight excluding hydrogens is 298 g/mol. The van der Waals surface area contributed by atoms with Crippen LogP contribution in [-0.4, -0.2) is 32.5 Å². The zero-order valence-electron chi connectivity index (χ0n) is 13.0. The number of nitrogens with zero attached hydrogens (tertiary/aromatic N) is 1. The second kappa shape index (κ2) is 7.67. The van der Waals surface area contributed by atoms with E-state index >= 15 is 0 Å². The zero-order chi connectivity index (χ0) is 16.0. The molecule has 6 heteroatoms. The van der Waals surface area contributed by atoms with E-state index in [1.165, 1.54) is 0 Å². The summed E-state index contributed by atoms with van der Waals surface area (Å²) in [4.78, 5) is 4.31. The van der Waals surface area contributed by atoms with Gasteiger partial charge in [0.05, 0.1) is 4.90 Å². The minimum absolute atomic E-state index is 0.103. The topological polar surface area (TPSA) is 71.1 Å². The van der Waals surface area contributed by atoms with Crippen LogP contribution in [0.3, 0.4) is 0 Å². The molecule has 1 aromatic carbocycles. The molecule has 1 aromatic heterocycles. The smallest absolute Gasteiger partial charge is 0.240 e. The summed E-state index contributed by atoms with van der Waals surface area (Å²) >= 11 is 0.